The van der Waals surface area contributed by atoms with Crippen LogP contribution in [0.25, 0.3) is 0 Å². The minimum absolute atomic E-state index is 0.625. The normalized spacial score (nSPS) is 16.3. The first-order valence-electron chi connectivity index (χ1n) is 6.18. The molecule has 0 aliphatic carbocycles. The summed E-state index contributed by atoms with van der Waals surface area (Å²) >= 11 is 7.61. The van der Waals surface area contributed by atoms with Gasteiger partial charge in [-0.2, -0.15) is 0 Å². The first-order chi connectivity index (χ1) is 9.69. The molecular weight excluding hydrogens is 292 g/mol. The van der Waals surface area contributed by atoms with Gasteiger partial charge in [0.25, 0.3) is 0 Å². The van der Waals surface area contributed by atoms with E-state index >= 15 is 0 Å². The standard InChI is InChI=1S/C15H13ClN2OS/c1-10-2-5-12(6-3-10)18-9-20-15(17-19)13-7-4-11(16)8-14(13)18/h2-8,19H,9H2,1H3/b17-15-. The molecular formula is C15H13ClN2OS. The molecule has 1 aliphatic rings. The van der Waals surface area contributed by atoms with Crippen LogP contribution in [0.15, 0.2) is 47.6 Å². The lowest BCUT2D eigenvalue weighted by Gasteiger charge is -2.31. The molecule has 0 spiro atoms. The van der Waals surface area contributed by atoms with Gasteiger partial charge in [-0.1, -0.05) is 46.2 Å². The Kier molecular flexibility index (Phi) is 3.59. The maximum absolute atomic E-state index is 9.12. The molecule has 0 radical (unpaired) electrons. The molecule has 2 aromatic rings. The molecule has 1 aliphatic heterocycles. The second kappa shape index (κ2) is 5.38. The first kappa shape index (κ1) is 13.3. The maximum atomic E-state index is 9.12. The van der Waals surface area contributed by atoms with Gasteiger partial charge in [-0.15, -0.1) is 0 Å². The van der Waals surface area contributed by atoms with Crippen molar-refractivity contribution >= 4 is 39.8 Å². The minimum atomic E-state index is 0.625. The van der Waals surface area contributed by atoms with Crippen molar-refractivity contribution < 1.29 is 5.21 Å². The summed E-state index contributed by atoms with van der Waals surface area (Å²) < 4.78 is 0. The number of benzene rings is 2. The van der Waals surface area contributed by atoms with Gasteiger partial charge in [0, 0.05) is 16.3 Å². The maximum Gasteiger partial charge on any atom is 0.146 e. The number of hydrogen-bond acceptors (Lipinski definition) is 4. The van der Waals surface area contributed by atoms with Crippen LogP contribution in [0.2, 0.25) is 5.02 Å². The number of nitrogens with zero attached hydrogens (tertiary/aromatic N) is 2. The molecule has 0 atom stereocenters. The Hall–Kier alpha value is -1.65. The van der Waals surface area contributed by atoms with Gasteiger partial charge >= 0.3 is 0 Å². The zero-order valence-electron chi connectivity index (χ0n) is 10.9. The van der Waals surface area contributed by atoms with Gasteiger partial charge in [-0.25, -0.2) is 0 Å². The summed E-state index contributed by atoms with van der Waals surface area (Å²) in [5.41, 5.74) is 4.19. The predicted octanol–water partition coefficient (Wildman–Crippen LogP) is 4.63. The van der Waals surface area contributed by atoms with Gasteiger partial charge in [-0.05, 0) is 37.3 Å². The summed E-state index contributed by atoms with van der Waals surface area (Å²) in [6.07, 6.45) is 0. The molecule has 1 N–H and O–H groups in total. The Morgan fingerprint density at radius 3 is 2.65 bits per heavy atom. The number of oxime groups is 1. The zero-order valence-corrected chi connectivity index (χ0v) is 12.4. The first-order valence-corrected chi connectivity index (χ1v) is 7.54. The van der Waals surface area contributed by atoms with Crippen molar-refractivity contribution in [1.29, 1.82) is 0 Å². The molecule has 0 aromatic heterocycles. The van der Waals surface area contributed by atoms with Gasteiger partial charge in [0.1, 0.15) is 5.04 Å². The fourth-order valence-electron chi connectivity index (χ4n) is 2.20. The lowest BCUT2D eigenvalue weighted by atomic mass is 10.1. The van der Waals surface area contributed by atoms with Crippen LogP contribution < -0.4 is 4.90 Å². The summed E-state index contributed by atoms with van der Waals surface area (Å²) in [6, 6.07) is 13.9. The summed E-state index contributed by atoms with van der Waals surface area (Å²) in [6.45, 7) is 2.07. The van der Waals surface area contributed by atoms with E-state index in [1.165, 1.54) is 17.3 Å². The highest BCUT2D eigenvalue weighted by molar-refractivity contribution is 8.14. The number of anilines is 2. The molecule has 0 saturated carbocycles. The molecule has 5 heteroatoms. The van der Waals surface area contributed by atoms with Gasteiger partial charge in [0.2, 0.25) is 0 Å². The third-order valence-corrected chi connectivity index (χ3v) is 4.45. The van der Waals surface area contributed by atoms with Gasteiger partial charge in [-0.3, -0.25) is 0 Å². The largest absolute Gasteiger partial charge is 0.410 e. The summed E-state index contributed by atoms with van der Waals surface area (Å²) in [5, 5.41) is 13.8. The van der Waals surface area contributed by atoms with Crippen LogP contribution in [0.5, 0.6) is 0 Å². The fourth-order valence-corrected chi connectivity index (χ4v) is 3.29. The van der Waals surface area contributed by atoms with Crippen molar-refractivity contribution in [2.75, 3.05) is 10.8 Å². The second-order valence-electron chi connectivity index (χ2n) is 4.60. The van der Waals surface area contributed by atoms with E-state index in [4.69, 9.17) is 16.8 Å². The monoisotopic (exact) mass is 304 g/mol. The minimum Gasteiger partial charge on any atom is -0.410 e. The van der Waals surface area contributed by atoms with Crippen LogP contribution >= 0.6 is 23.4 Å². The van der Waals surface area contributed by atoms with Crippen LogP contribution in [-0.4, -0.2) is 16.1 Å². The number of halogens is 1. The molecule has 0 bridgehead atoms. The topological polar surface area (TPSA) is 35.8 Å². The molecule has 3 nitrogen and oxygen atoms in total. The van der Waals surface area contributed by atoms with Crippen LogP contribution in [0.1, 0.15) is 11.1 Å². The van der Waals surface area contributed by atoms with Crippen LogP contribution in [0.4, 0.5) is 11.4 Å². The number of fused-ring (bicyclic) bond motifs is 1. The van der Waals surface area contributed by atoms with E-state index in [1.54, 1.807) is 0 Å². The lowest BCUT2D eigenvalue weighted by Crippen LogP contribution is -2.24. The zero-order chi connectivity index (χ0) is 14.1. The van der Waals surface area contributed by atoms with E-state index in [0.717, 1.165) is 16.9 Å². The SMILES string of the molecule is Cc1ccc(N2CS/C(=N\O)c3ccc(Cl)cc32)cc1. The van der Waals surface area contributed by atoms with Crippen molar-refractivity contribution in [3.05, 3.63) is 58.6 Å². The Morgan fingerprint density at radius 1 is 1.20 bits per heavy atom. The number of aryl methyl sites for hydroxylation is 1. The molecule has 0 fully saturated rings. The molecule has 20 heavy (non-hydrogen) atoms. The van der Waals surface area contributed by atoms with Gasteiger partial charge in [0.15, 0.2) is 0 Å². The lowest BCUT2D eigenvalue weighted by molar-refractivity contribution is 0.321. The Labute approximate surface area is 126 Å². The molecule has 102 valence electrons. The average molecular weight is 305 g/mol. The van der Waals surface area contributed by atoms with Crippen molar-refractivity contribution in [3.63, 3.8) is 0 Å². The van der Waals surface area contributed by atoms with Crippen LogP contribution in [0, 0.1) is 6.92 Å². The summed E-state index contributed by atoms with van der Waals surface area (Å²) in [4.78, 5) is 2.17. The van der Waals surface area contributed by atoms with E-state index in [-0.39, 0.29) is 0 Å². The highest BCUT2D eigenvalue weighted by Crippen LogP contribution is 2.38. The number of hydrogen-bond donors (Lipinski definition) is 1. The molecule has 0 amide bonds. The molecule has 0 unspecified atom stereocenters. The Bertz CT molecular complexity index is 670. The Balaban J connectivity index is 2.11. The summed E-state index contributed by atoms with van der Waals surface area (Å²) in [7, 11) is 0. The van der Waals surface area contributed by atoms with E-state index in [1.807, 2.05) is 18.2 Å². The third-order valence-electron chi connectivity index (χ3n) is 3.25. The third kappa shape index (κ3) is 2.37. The number of thioether (sulfide) groups is 1. The van der Waals surface area contributed by atoms with Crippen LogP contribution in [0.3, 0.4) is 0 Å². The predicted molar refractivity (Wildman–Crippen MR) is 85.6 cm³/mol. The van der Waals surface area contributed by atoms with Crippen molar-refractivity contribution in [2.24, 2.45) is 5.16 Å². The van der Waals surface area contributed by atoms with Crippen LogP contribution in [-0.2, 0) is 0 Å². The highest BCUT2D eigenvalue weighted by Gasteiger charge is 2.24. The van der Waals surface area contributed by atoms with E-state index in [9.17, 15) is 0 Å². The Morgan fingerprint density at radius 2 is 1.95 bits per heavy atom. The fraction of sp³-hybridized carbons (Fsp3) is 0.133. The molecule has 2 aromatic carbocycles. The van der Waals surface area contributed by atoms with E-state index < -0.39 is 0 Å². The molecule has 0 saturated heterocycles. The highest BCUT2D eigenvalue weighted by atomic mass is 35.5. The van der Waals surface area contributed by atoms with E-state index in [0.29, 0.717) is 15.9 Å². The van der Waals surface area contributed by atoms with E-state index in [2.05, 4.69) is 41.2 Å². The van der Waals surface area contributed by atoms with Gasteiger partial charge < -0.3 is 10.1 Å². The van der Waals surface area contributed by atoms with Crippen molar-refractivity contribution in [3.8, 4) is 0 Å². The van der Waals surface area contributed by atoms with Crippen molar-refractivity contribution in [1.82, 2.24) is 0 Å². The van der Waals surface area contributed by atoms with Crippen molar-refractivity contribution in [2.45, 2.75) is 6.92 Å². The smallest absolute Gasteiger partial charge is 0.146 e. The second-order valence-corrected chi connectivity index (χ2v) is 5.97. The molecule has 3 rings (SSSR count). The number of rotatable bonds is 1. The average Bonchev–Trinajstić information content (AvgIpc) is 2.47. The summed E-state index contributed by atoms with van der Waals surface area (Å²) in [5.74, 6) is 0.690. The molecule has 1 heterocycles. The quantitative estimate of drug-likeness (QED) is 0.616. The van der Waals surface area contributed by atoms with Gasteiger partial charge in [0.05, 0.1) is 11.6 Å².